The minimum Gasteiger partial charge on any atom is -0.460 e. The van der Waals surface area contributed by atoms with Crippen LogP contribution in [0.2, 0.25) is 0 Å². The molecule has 6 heteroatoms. The number of esters is 1. The Labute approximate surface area is 153 Å². The lowest BCUT2D eigenvalue weighted by Crippen LogP contribution is -2.51. The van der Waals surface area contributed by atoms with Crippen molar-refractivity contribution in [3.63, 3.8) is 0 Å². The molecular weight excluding hydrogens is 332 g/mol. The largest absolute Gasteiger partial charge is 0.460 e. The van der Waals surface area contributed by atoms with Gasteiger partial charge in [0.25, 0.3) is 0 Å². The van der Waals surface area contributed by atoms with Gasteiger partial charge in [0.15, 0.2) is 0 Å². The number of carbonyl (C=O) groups excluding carboxylic acids is 2. The first kappa shape index (κ1) is 18.3. The van der Waals surface area contributed by atoms with E-state index in [4.69, 9.17) is 9.15 Å². The Morgan fingerprint density at radius 1 is 1.12 bits per heavy atom. The predicted octanol–water partition coefficient (Wildman–Crippen LogP) is 3.30. The van der Waals surface area contributed by atoms with Crippen LogP contribution in [0.1, 0.15) is 38.2 Å². The van der Waals surface area contributed by atoms with Gasteiger partial charge in [0.2, 0.25) is 11.7 Å². The highest BCUT2D eigenvalue weighted by Gasteiger charge is 2.29. The molecule has 140 valence electrons. The van der Waals surface area contributed by atoms with Crippen LogP contribution in [-0.4, -0.2) is 49.6 Å². The number of hydrogen-bond donors (Lipinski definition) is 0. The second-order valence-corrected chi connectivity index (χ2v) is 7.58. The predicted molar refractivity (Wildman–Crippen MR) is 100 cm³/mol. The van der Waals surface area contributed by atoms with Crippen LogP contribution in [0.3, 0.4) is 0 Å². The summed E-state index contributed by atoms with van der Waals surface area (Å²) >= 11 is 0. The number of piperazine rings is 1. The third-order valence-electron chi connectivity index (χ3n) is 4.55. The van der Waals surface area contributed by atoms with E-state index in [9.17, 15) is 9.59 Å². The van der Waals surface area contributed by atoms with Gasteiger partial charge in [0.05, 0.1) is 6.61 Å². The Kier molecular flexibility index (Phi) is 4.94. The standard InChI is InChI=1S/C20H26N2O4/c1-5-25-18(23)17-13-14-12-15(6-7-16(14)26-17)21-8-10-22(11-9-21)19(24)20(2,3)4/h6-7,12-13H,5,8-11H2,1-4H3. The van der Waals surface area contributed by atoms with Crippen molar-refractivity contribution >= 4 is 28.5 Å². The molecule has 2 heterocycles. The molecule has 1 saturated heterocycles. The number of hydrogen-bond acceptors (Lipinski definition) is 5. The SMILES string of the molecule is CCOC(=O)c1cc2cc(N3CCN(C(=O)C(C)(C)C)CC3)ccc2o1. The molecule has 1 amide bonds. The number of rotatable bonds is 3. The van der Waals surface area contributed by atoms with Crippen molar-refractivity contribution in [3.05, 3.63) is 30.0 Å². The molecule has 0 bridgehead atoms. The molecular formula is C20H26N2O4. The lowest BCUT2D eigenvalue weighted by molar-refractivity contribution is -0.139. The van der Waals surface area contributed by atoms with Crippen LogP contribution in [0, 0.1) is 5.41 Å². The smallest absolute Gasteiger partial charge is 0.374 e. The molecule has 1 aliphatic rings. The average Bonchev–Trinajstić information content (AvgIpc) is 3.04. The molecule has 2 aromatic rings. The van der Waals surface area contributed by atoms with Crippen LogP contribution in [-0.2, 0) is 9.53 Å². The molecule has 3 rings (SSSR count). The van der Waals surface area contributed by atoms with E-state index < -0.39 is 5.97 Å². The minimum atomic E-state index is -0.445. The average molecular weight is 358 g/mol. The maximum absolute atomic E-state index is 12.4. The maximum atomic E-state index is 12.4. The molecule has 0 aliphatic carbocycles. The quantitative estimate of drug-likeness (QED) is 0.788. The van der Waals surface area contributed by atoms with Gasteiger partial charge in [-0.1, -0.05) is 20.8 Å². The topological polar surface area (TPSA) is 63.0 Å². The molecule has 26 heavy (non-hydrogen) atoms. The van der Waals surface area contributed by atoms with Crippen molar-refractivity contribution in [3.8, 4) is 0 Å². The molecule has 0 spiro atoms. The van der Waals surface area contributed by atoms with E-state index in [1.54, 1.807) is 13.0 Å². The summed E-state index contributed by atoms with van der Waals surface area (Å²) in [7, 11) is 0. The Bertz CT molecular complexity index is 811. The third kappa shape index (κ3) is 3.69. The third-order valence-corrected chi connectivity index (χ3v) is 4.55. The Morgan fingerprint density at radius 3 is 2.42 bits per heavy atom. The molecule has 0 unspecified atom stereocenters. The lowest BCUT2D eigenvalue weighted by atomic mass is 9.94. The number of carbonyl (C=O) groups is 2. The fourth-order valence-electron chi connectivity index (χ4n) is 3.17. The van der Waals surface area contributed by atoms with Crippen molar-refractivity contribution in [1.82, 2.24) is 4.90 Å². The van der Waals surface area contributed by atoms with E-state index in [1.807, 2.05) is 43.9 Å². The van der Waals surface area contributed by atoms with Crippen LogP contribution in [0.5, 0.6) is 0 Å². The van der Waals surface area contributed by atoms with Crippen LogP contribution in [0.25, 0.3) is 11.0 Å². The normalized spacial score (nSPS) is 15.4. The molecule has 1 aliphatic heterocycles. The number of amides is 1. The zero-order valence-electron chi connectivity index (χ0n) is 15.9. The highest BCUT2D eigenvalue weighted by atomic mass is 16.5. The Balaban J connectivity index is 1.71. The zero-order chi connectivity index (χ0) is 18.9. The van der Waals surface area contributed by atoms with Crippen molar-refractivity contribution in [2.45, 2.75) is 27.7 Å². The van der Waals surface area contributed by atoms with Crippen molar-refractivity contribution in [2.24, 2.45) is 5.41 Å². The van der Waals surface area contributed by atoms with Gasteiger partial charge in [-0.25, -0.2) is 4.79 Å². The van der Waals surface area contributed by atoms with E-state index in [1.165, 1.54) is 0 Å². The molecule has 0 radical (unpaired) electrons. The fraction of sp³-hybridized carbons (Fsp3) is 0.500. The van der Waals surface area contributed by atoms with Crippen LogP contribution >= 0.6 is 0 Å². The number of fused-ring (bicyclic) bond motifs is 1. The first-order valence-corrected chi connectivity index (χ1v) is 9.04. The van der Waals surface area contributed by atoms with Crippen molar-refractivity contribution in [2.75, 3.05) is 37.7 Å². The van der Waals surface area contributed by atoms with E-state index in [0.717, 1.165) is 24.2 Å². The number of benzene rings is 1. The second-order valence-electron chi connectivity index (χ2n) is 7.58. The molecule has 0 atom stereocenters. The van der Waals surface area contributed by atoms with Gasteiger partial charge < -0.3 is 19.0 Å². The van der Waals surface area contributed by atoms with Crippen molar-refractivity contribution < 1.29 is 18.7 Å². The molecule has 6 nitrogen and oxygen atoms in total. The molecule has 1 fully saturated rings. The van der Waals surface area contributed by atoms with Crippen molar-refractivity contribution in [1.29, 1.82) is 0 Å². The molecule has 0 N–H and O–H groups in total. The van der Waals surface area contributed by atoms with Crippen LogP contribution in [0.4, 0.5) is 5.69 Å². The summed E-state index contributed by atoms with van der Waals surface area (Å²) in [6.45, 7) is 11.0. The summed E-state index contributed by atoms with van der Waals surface area (Å²) < 4.78 is 10.5. The summed E-state index contributed by atoms with van der Waals surface area (Å²) in [5.74, 6) is -0.0272. The minimum absolute atomic E-state index is 0.196. The summed E-state index contributed by atoms with van der Waals surface area (Å²) in [4.78, 5) is 28.4. The number of furan rings is 1. The zero-order valence-corrected chi connectivity index (χ0v) is 15.9. The fourth-order valence-corrected chi connectivity index (χ4v) is 3.17. The monoisotopic (exact) mass is 358 g/mol. The molecule has 0 saturated carbocycles. The Morgan fingerprint density at radius 2 is 1.81 bits per heavy atom. The van der Waals surface area contributed by atoms with Gasteiger partial charge in [-0.05, 0) is 31.2 Å². The van der Waals surface area contributed by atoms with E-state index in [-0.39, 0.29) is 17.1 Å². The van der Waals surface area contributed by atoms with Crippen LogP contribution < -0.4 is 4.90 Å². The highest BCUT2D eigenvalue weighted by Crippen LogP contribution is 2.27. The number of nitrogens with zero attached hydrogens (tertiary/aromatic N) is 2. The highest BCUT2D eigenvalue weighted by molar-refractivity contribution is 5.93. The van der Waals surface area contributed by atoms with E-state index >= 15 is 0 Å². The number of ether oxygens (including phenoxy) is 1. The second kappa shape index (κ2) is 7.02. The van der Waals surface area contributed by atoms with Gasteiger partial charge in [-0.15, -0.1) is 0 Å². The van der Waals surface area contributed by atoms with E-state index in [2.05, 4.69) is 4.90 Å². The van der Waals surface area contributed by atoms with Gasteiger partial charge in [0, 0.05) is 42.7 Å². The molecule has 1 aromatic carbocycles. The summed E-state index contributed by atoms with van der Waals surface area (Å²) in [5, 5.41) is 0.874. The van der Waals surface area contributed by atoms with Gasteiger partial charge >= 0.3 is 5.97 Å². The maximum Gasteiger partial charge on any atom is 0.374 e. The first-order chi connectivity index (χ1) is 12.3. The number of anilines is 1. The van der Waals surface area contributed by atoms with Gasteiger partial charge in [0.1, 0.15) is 5.58 Å². The van der Waals surface area contributed by atoms with E-state index in [0.29, 0.717) is 25.3 Å². The summed E-state index contributed by atoms with van der Waals surface area (Å²) in [6.07, 6.45) is 0. The lowest BCUT2D eigenvalue weighted by Gasteiger charge is -2.38. The summed E-state index contributed by atoms with van der Waals surface area (Å²) in [5.41, 5.74) is 1.39. The first-order valence-electron chi connectivity index (χ1n) is 9.04. The van der Waals surface area contributed by atoms with Gasteiger partial charge in [-0.2, -0.15) is 0 Å². The van der Waals surface area contributed by atoms with Crippen LogP contribution in [0.15, 0.2) is 28.7 Å². The Hall–Kier alpha value is -2.50. The summed E-state index contributed by atoms with van der Waals surface area (Å²) in [6, 6.07) is 7.60. The van der Waals surface area contributed by atoms with Gasteiger partial charge in [-0.3, -0.25) is 4.79 Å². The molecule has 1 aromatic heterocycles.